The van der Waals surface area contributed by atoms with E-state index in [1.165, 1.54) is 18.4 Å². The van der Waals surface area contributed by atoms with Crippen LogP contribution < -0.4 is 10.6 Å². The predicted octanol–water partition coefficient (Wildman–Crippen LogP) is 3.25. The van der Waals surface area contributed by atoms with Crippen molar-refractivity contribution in [1.82, 2.24) is 10.6 Å². The molecule has 0 spiro atoms. The lowest BCUT2D eigenvalue weighted by Crippen LogP contribution is -2.32. The van der Waals surface area contributed by atoms with Gasteiger partial charge in [-0.25, -0.2) is 4.79 Å². The maximum atomic E-state index is 11.7. The fraction of sp³-hybridized carbons (Fsp3) is 0.611. The number of nitrogens with one attached hydrogen (secondary N) is 2. The molecule has 0 atom stereocenters. The summed E-state index contributed by atoms with van der Waals surface area (Å²) in [6.45, 7) is 8.37. The minimum Gasteiger partial charge on any atom is -0.444 e. The maximum Gasteiger partial charge on any atom is 0.407 e. The molecule has 0 radical (unpaired) electrons. The summed E-state index contributed by atoms with van der Waals surface area (Å²) in [6, 6.07) is 8.49. The second-order valence-corrected chi connectivity index (χ2v) is 7.07. The Morgan fingerprint density at radius 1 is 1.27 bits per heavy atom. The molecule has 1 heterocycles. The van der Waals surface area contributed by atoms with Gasteiger partial charge in [-0.05, 0) is 70.2 Å². The Hall–Kier alpha value is -1.55. The lowest BCUT2D eigenvalue weighted by atomic mass is 9.90. The average Bonchev–Trinajstić information content (AvgIpc) is 2.45. The lowest BCUT2D eigenvalue weighted by molar-refractivity contribution is 0.0523. The van der Waals surface area contributed by atoms with Crippen molar-refractivity contribution in [3.63, 3.8) is 0 Å². The van der Waals surface area contributed by atoms with Crippen molar-refractivity contribution < 1.29 is 9.53 Å². The van der Waals surface area contributed by atoms with E-state index in [-0.39, 0.29) is 6.09 Å². The van der Waals surface area contributed by atoms with Crippen LogP contribution in [0.2, 0.25) is 0 Å². The summed E-state index contributed by atoms with van der Waals surface area (Å²) in [5.74, 6) is 0.773. The van der Waals surface area contributed by atoms with Gasteiger partial charge in [-0.2, -0.15) is 0 Å². The molecule has 0 saturated carbocycles. The SMILES string of the molecule is CC(C)(C)OC(=O)NCc1cccc(CC2CCNCC2)c1. The second-order valence-electron chi connectivity index (χ2n) is 7.07. The van der Waals surface area contributed by atoms with Crippen LogP contribution in [0.1, 0.15) is 44.7 Å². The second kappa shape index (κ2) is 7.63. The zero-order valence-corrected chi connectivity index (χ0v) is 13.9. The van der Waals surface area contributed by atoms with Crippen LogP contribution in [-0.4, -0.2) is 24.8 Å². The fourth-order valence-corrected chi connectivity index (χ4v) is 2.77. The molecule has 1 amide bonds. The molecule has 22 heavy (non-hydrogen) atoms. The summed E-state index contributed by atoms with van der Waals surface area (Å²) in [7, 11) is 0. The average molecular weight is 304 g/mol. The zero-order valence-electron chi connectivity index (χ0n) is 13.9. The Morgan fingerprint density at radius 2 is 1.95 bits per heavy atom. The molecule has 0 aliphatic carbocycles. The Kier molecular flexibility index (Phi) is 5.83. The molecule has 1 fully saturated rings. The van der Waals surface area contributed by atoms with Gasteiger partial charge in [-0.1, -0.05) is 24.3 Å². The van der Waals surface area contributed by atoms with Crippen LogP contribution in [-0.2, 0) is 17.7 Å². The molecular formula is C18H28N2O2. The number of benzene rings is 1. The summed E-state index contributed by atoms with van der Waals surface area (Å²) in [5, 5.41) is 6.22. The van der Waals surface area contributed by atoms with Crippen molar-refractivity contribution >= 4 is 6.09 Å². The quantitative estimate of drug-likeness (QED) is 0.897. The van der Waals surface area contributed by atoms with Crippen LogP contribution in [0.4, 0.5) is 4.79 Å². The molecule has 122 valence electrons. The molecule has 2 rings (SSSR count). The molecule has 4 heteroatoms. The first-order chi connectivity index (χ1) is 10.4. The third-order valence-electron chi connectivity index (χ3n) is 3.81. The van der Waals surface area contributed by atoms with E-state index in [2.05, 4.69) is 28.8 Å². The third kappa shape index (κ3) is 6.06. The van der Waals surface area contributed by atoms with Gasteiger partial charge in [-0.3, -0.25) is 0 Å². The standard InChI is InChI=1S/C18H28N2O2/c1-18(2,3)22-17(21)20-13-16-6-4-5-15(12-16)11-14-7-9-19-10-8-14/h4-6,12,14,19H,7-11,13H2,1-3H3,(H,20,21). The zero-order chi connectivity index (χ0) is 16.0. The Bertz CT molecular complexity index is 488. The highest BCUT2D eigenvalue weighted by molar-refractivity contribution is 5.67. The first kappa shape index (κ1) is 16.8. The van der Waals surface area contributed by atoms with E-state index in [4.69, 9.17) is 4.74 Å². The summed E-state index contributed by atoms with van der Waals surface area (Å²) < 4.78 is 5.25. The van der Waals surface area contributed by atoms with Gasteiger partial charge in [-0.15, -0.1) is 0 Å². The molecule has 1 saturated heterocycles. The van der Waals surface area contributed by atoms with E-state index in [0.29, 0.717) is 6.54 Å². The van der Waals surface area contributed by atoms with Crippen molar-refractivity contribution in [3.8, 4) is 0 Å². The van der Waals surface area contributed by atoms with Gasteiger partial charge in [0, 0.05) is 6.54 Å². The molecule has 2 N–H and O–H groups in total. The van der Waals surface area contributed by atoms with Crippen molar-refractivity contribution in [3.05, 3.63) is 35.4 Å². The first-order valence-electron chi connectivity index (χ1n) is 8.18. The molecule has 0 aromatic heterocycles. The lowest BCUT2D eigenvalue weighted by Gasteiger charge is -2.22. The summed E-state index contributed by atoms with van der Waals surface area (Å²) >= 11 is 0. The van der Waals surface area contributed by atoms with Gasteiger partial charge in [0.05, 0.1) is 0 Å². The number of rotatable bonds is 4. The van der Waals surface area contributed by atoms with E-state index in [1.54, 1.807) is 0 Å². The van der Waals surface area contributed by atoms with Gasteiger partial charge in [0.25, 0.3) is 0 Å². The Morgan fingerprint density at radius 3 is 2.64 bits per heavy atom. The van der Waals surface area contributed by atoms with Crippen molar-refractivity contribution in [2.75, 3.05) is 13.1 Å². The van der Waals surface area contributed by atoms with Crippen LogP contribution in [0.15, 0.2) is 24.3 Å². The van der Waals surface area contributed by atoms with Crippen molar-refractivity contribution in [1.29, 1.82) is 0 Å². The number of piperidine rings is 1. The highest BCUT2D eigenvalue weighted by Gasteiger charge is 2.16. The number of hydrogen-bond donors (Lipinski definition) is 2. The van der Waals surface area contributed by atoms with Crippen LogP contribution >= 0.6 is 0 Å². The van der Waals surface area contributed by atoms with Crippen molar-refractivity contribution in [2.45, 2.75) is 52.2 Å². The molecule has 0 bridgehead atoms. The number of carbonyl (C=O) groups is 1. The normalized spacial score (nSPS) is 16.3. The predicted molar refractivity (Wildman–Crippen MR) is 88.8 cm³/mol. The highest BCUT2D eigenvalue weighted by Crippen LogP contribution is 2.18. The van der Waals surface area contributed by atoms with Crippen LogP contribution in [0.3, 0.4) is 0 Å². The van der Waals surface area contributed by atoms with E-state index in [9.17, 15) is 4.79 Å². The van der Waals surface area contributed by atoms with E-state index >= 15 is 0 Å². The molecule has 1 aromatic carbocycles. The monoisotopic (exact) mass is 304 g/mol. The van der Waals surface area contributed by atoms with Crippen LogP contribution in [0, 0.1) is 5.92 Å². The molecule has 1 aliphatic heterocycles. The van der Waals surface area contributed by atoms with E-state index < -0.39 is 5.60 Å². The molecule has 4 nitrogen and oxygen atoms in total. The minimum absolute atomic E-state index is 0.365. The number of carbonyl (C=O) groups excluding carboxylic acids is 1. The topological polar surface area (TPSA) is 50.4 Å². The highest BCUT2D eigenvalue weighted by atomic mass is 16.6. The van der Waals surface area contributed by atoms with Gasteiger partial charge in [0.15, 0.2) is 0 Å². The number of alkyl carbamates (subject to hydrolysis) is 1. The molecular weight excluding hydrogens is 276 g/mol. The third-order valence-corrected chi connectivity index (χ3v) is 3.81. The van der Waals surface area contributed by atoms with E-state index in [1.807, 2.05) is 26.8 Å². The van der Waals surface area contributed by atoms with Crippen LogP contribution in [0.5, 0.6) is 0 Å². The van der Waals surface area contributed by atoms with Gasteiger partial charge in [0.1, 0.15) is 5.60 Å². The van der Waals surface area contributed by atoms with Gasteiger partial charge >= 0.3 is 6.09 Å². The largest absolute Gasteiger partial charge is 0.444 e. The maximum absolute atomic E-state index is 11.7. The summed E-state index contributed by atoms with van der Waals surface area (Å²) in [4.78, 5) is 11.7. The Balaban J connectivity index is 1.84. The van der Waals surface area contributed by atoms with Gasteiger partial charge in [0.2, 0.25) is 0 Å². The molecule has 1 aromatic rings. The number of hydrogen-bond acceptors (Lipinski definition) is 3. The van der Waals surface area contributed by atoms with E-state index in [0.717, 1.165) is 31.0 Å². The minimum atomic E-state index is -0.457. The molecule has 0 unspecified atom stereocenters. The fourth-order valence-electron chi connectivity index (χ4n) is 2.77. The number of ether oxygens (including phenoxy) is 1. The first-order valence-corrected chi connectivity index (χ1v) is 8.18. The Labute approximate surface area is 133 Å². The van der Waals surface area contributed by atoms with Crippen LogP contribution in [0.25, 0.3) is 0 Å². The number of amides is 1. The summed E-state index contributed by atoms with van der Waals surface area (Å²) in [6.07, 6.45) is 3.26. The van der Waals surface area contributed by atoms with Crippen molar-refractivity contribution in [2.24, 2.45) is 5.92 Å². The summed E-state index contributed by atoms with van der Waals surface area (Å²) in [5.41, 5.74) is 2.02. The molecule has 1 aliphatic rings. The smallest absolute Gasteiger partial charge is 0.407 e. The van der Waals surface area contributed by atoms with Gasteiger partial charge < -0.3 is 15.4 Å².